The van der Waals surface area contributed by atoms with Crippen LogP contribution in [0.2, 0.25) is 0 Å². The summed E-state index contributed by atoms with van der Waals surface area (Å²) in [6.07, 6.45) is 3.56. The molecule has 3 rings (SSSR count). The van der Waals surface area contributed by atoms with E-state index in [0.29, 0.717) is 6.42 Å². The summed E-state index contributed by atoms with van der Waals surface area (Å²) in [6.45, 7) is 2.06. The summed E-state index contributed by atoms with van der Waals surface area (Å²) < 4.78 is 0. The molecule has 1 amide bonds. The molecular formula is C20H20N2O3. The number of carbonyl (C=O) groups is 1. The number of anilines is 1. The van der Waals surface area contributed by atoms with Gasteiger partial charge in [0.2, 0.25) is 5.91 Å². The average Bonchev–Trinajstić information content (AvgIpc) is 2.62. The van der Waals surface area contributed by atoms with Crippen LogP contribution in [0.25, 0.3) is 0 Å². The average molecular weight is 336 g/mol. The van der Waals surface area contributed by atoms with Gasteiger partial charge in [-0.2, -0.15) is 0 Å². The summed E-state index contributed by atoms with van der Waals surface area (Å²) in [6, 6.07) is 16.0. The normalized spacial score (nSPS) is 19.8. The van der Waals surface area contributed by atoms with Gasteiger partial charge in [0.15, 0.2) is 0 Å². The molecule has 2 aromatic carbocycles. The minimum atomic E-state index is -0.407. The van der Waals surface area contributed by atoms with Crippen molar-refractivity contribution in [3.8, 4) is 0 Å². The highest BCUT2D eigenvalue weighted by Gasteiger charge is 2.32. The Hall–Kier alpha value is -2.95. The van der Waals surface area contributed by atoms with Gasteiger partial charge in [-0.3, -0.25) is 14.9 Å². The lowest BCUT2D eigenvalue weighted by atomic mass is 9.75. The van der Waals surface area contributed by atoms with E-state index in [9.17, 15) is 14.9 Å². The molecule has 1 aliphatic carbocycles. The van der Waals surface area contributed by atoms with Gasteiger partial charge in [0, 0.05) is 23.7 Å². The van der Waals surface area contributed by atoms with Crippen LogP contribution in [0, 0.1) is 16.0 Å². The van der Waals surface area contributed by atoms with Crippen molar-refractivity contribution in [3.63, 3.8) is 0 Å². The van der Waals surface area contributed by atoms with Gasteiger partial charge in [-0.05, 0) is 43.4 Å². The number of allylic oxidation sites excluding steroid dienone is 2. The molecule has 5 nitrogen and oxygen atoms in total. The number of nitro groups is 1. The Labute approximate surface area is 146 Å². The molecule has 2 unspecified atom stereocenters. The molecule has 0 aromatic heterocycles. The summed E-state index contributed by atoms with van der Waals surface area (Å²) in [7, 11) is 0. The summed E-state index contributed by atoms with van der Waals surface area (Å²) in [5.74, 6) is -0.182. The molecule has 0 bridgehead atoms. The van der Waals surface area contributed by atoms with E-state index < -0.39 is 4.92 Å². The van der Waals surface area contributed by atoms with Gasteiger partial charge in [-0.25, -0.2) is 0 Å². The zero-order chi connectivity index (χ0) is 17.8. The van der Waals surface area contributed by atoms with Gasteiger partial charge in [-0.15, -0.1) is 0 Å². The highest BCUT2D eigenvalue weighted by Crippen LogP contribution is 2.38. The molecule has 0 fully saturated rings. The van der Waals surface area contributed by atoms with Gasteiger partial charge in [-0.1, -0.05) is 42.0 Å². The smallest absolute Gasteiger partial charge is 0.269 e. The molecular weight excluding hydrogens is 316 g/mol. The molecule has 0 radical (unpaired) electrons. The Morgan fingerprint density at radius 3 is 2.44 bits per heavy atom. The number of rotatable bonds is 4. The van der Waals surface area contributed by atoms with Gasteiger partial charge in [0.25, 0.3) is 5.69 Å². The summed E-state index contributed by atoms with van der Waals surface area (Å²) in [5.41, 5.74) is 3.05. The van der Waals surface area contributed by atoms with Crippen molar-refractivity contribution >= 4 is 17.3 Å². The predicted molar refractivity (Wildman–Crippen MR) is 97.4 cm³/mol. The summed E-state index contributed by atoms with van der Waals surface area (Å²) in [4.78, 5) is 23.2. The Morgan fingerprint density at radius 2 is 1.80 bits per heavy atom. The minimum absolute atomic E-state index is 0.0155. The van der Waals surface area contributed by atoms with Crippen molar-refractivity contribution in [1.29, 1.82) is 0 Å². The second-order valence-electron chi connectivity index (χ2n) is 6.41. The Kier molecular flexibility index (Phi) is 4.93. The molecule has 1 N–H and O–H groups in total. The number of hydrogen-bond donors (Lipinski definition) is 1. The number of benzene rings is 2. The van der Waals surface area contributed by atoms with Gasteiger partial charge < -0.3 is 5.32 Å². The van der Waals surface area contributed by atoms with E-state index in [1.54, 1.807) is 12.1 Å². The number of nitro benzene ring substituents is 1. The van der Waals surface area contributed by atoms with Crippen LogP contribution in [-0.2, 0) is 4.79 Å². The van der Waals surface area contributed by atoms with E-state index in [1.165, 1.54) is 17.7 Å². The summed E-state index contributed by atoms with van der Waals surface area (Å²) >= 11 is 0. The number of hydrogen-bond acceptors (Lipinski definition) is 3. The van der Waals surface area contributed by atoms with Crippen molar-refractivity contribution in [1.82, 2.24) is 0 Å². The van der Waals surface area contributed by atoms with E-state index in [2.05, 4.69) is 18.3 Å². The third kappa shape index (κ3) is 3.94. The molecule has 25 heavy (non-hydrogen) atoms. The maximum atomic E-state index is 12.8. The monoisotopic (exact) mass is 336 g/mol. The van der Waals surface area contributed by atoms with Crippen molar-refractivity contribution in [2.75, 3.05) is 5.32 Å². The first-order valence-electron chi connectivity index (χ1n) is 8.30. The predicted octanol–water partition coefficient (Wildman–Crippen LogP) is 4.67. The third-order valence-electron chi connectivity index (χ3n) is 4.66. The Morgan fingerprint density at radius 1 is 1.12 bits per heavy atom. The van der Waals surface area contributed by atoms with Crippen LogP contribution in [-0.4, -0.2) is 10.8 Å². The summed E-state index contributed by atoms with van der Waals surface area (Å²) in [5, 5.41) is 13.8. The quantitative estimate of drug-likeness (QED) is 0.501. The van der Waals surface area contributed by atoms with Crippen LogP contribution < -0.4 is 5.32 Å². The highest BCUT2D eigenvalue weighted by atomic mass is 16.6. The number of nitrogens with one attached hydrogen (secondary N) is 1. The zero-order valence-corrected chi connectivity index (χ0v) is 14.0. The first kappa shape index (κ1) is 16.9. The van der Waals surface area contributed by atoms with Crippen molar-refractivity contribution < 1.29 is 9.72 Å². The van der Waals surface area contributed by atoms with Crippen molar-refractivity contribution in [2.24, 2.45) is 5.92 Å². The maximum Gasteiger partial charge on any atom is 0.269 e. The molecule has 5 heteroatoms. The van der Waals surface area contributed by atoms with Gasteiger partial charge in [0.1, 0.15) is 0 Å². The number of nitrogens with zero attached hydrogens (tertiary/aromatic N) is 1. The highest BCUT2D eigenvalue weighted by molar-refractivity contribution is 5.93. The Balaban J connectivity index is 1.83. The van der Waals surface area contributed by atoms with Crippen molar-refractivity contribution in [3.05, 3.63) is 81.9 Å². The number of amides is 1. The van der Waals surface area contributed by atoms with E-state index in [1.807, 2.05) is 30.3 Å². The maximum absolute atomic E-state index is 12.8. The van der Waals surface area contributed by atoms with E-state index in [0.717, 1.165) is 17.7 Å². The topological polar surface area (TPSA) is 72.2 Å². The lowest BCUT2D eigenvalue weighted by Crippen LogP contribution is -2.30. The molecule has 0 aliphatic heterocycles. The molecule has 0 saturated heterocycles. The van der Waals surface area contributed by atoms with E-state index in [-0.39, 0.29) is 23.4 Å². The van der Waals surface area contributed by atoms with Gasteiger partial charge in [0.05, 0.1) is 4.92 Å². The molecule has 0 saturated carbocycles. The number of para-hydroxylation sites is 1. The van der Waals surface area contributed by atoms with Crippen LogP contribution in [0.15, 0.2) is 66.2 Å². The fourth-order valence-electron chi connectivity index (χ4n) is 3.30. The fraction of sp³-hybridized carbons (Fsp3) is 0.250. The fourth-order valence-corrected chi connectivity index (χ4v) is 3.30. The molecule has 1 aliphatic rings. The van der Waals surface area contributed by atoms with E-state index >= 15 is 0 Å². The first-order chi connectivity index (χ1) is 12.0. The van der Waals surface area contributed by atoms with Crippen LogP contribution >= 0.6 is 0 Å². The molecule has 2 aromatic rings. The second kappa shape index (κ2) is 7.30. The standard InChI is InChI=1S/C20H20N2O3/c1-14-7-12-18(20(23)21-16-5-3-2-4-6-16)19(13-14)15-8-10-17(11-9-15)22(24)25/h2-11,18-19H,12-13H2,1H3,(H,21,23). The third-order valence-corrected chi connectivity index (χ3v) is 4.66. The Bertz CT molecular complexity index is 797. The van der Waals surface area contributed by atoms with Crippen LogP contribution in [0.5, 0.6) is 0 Å². The van der Waals surface area contributed by atoms with Crippen molar-refractivity contribution in [2.45, 2.75) is 25.7 Å². The lowest BCUT2D eigenvalue weighted by molar-refractivity contribution is -0.384. The largest absolute Gasteiger partial charge is 0.326 e. The second-order valence-corrected chi connectivity index (χ2v) is 6.41. The van der Waals surface area contributed by atoms with E-state index in [4.69, 9.17) is 0 Å². The number of non-ortho nitro benzene ring substituents is 1. The first-order valence-corrected chi connectivity index (χ1v) is 8.30. The molecule has 0 spiro atoms. The zero-order valence-electron chi connectivity index (χ0n) is 14.0. The minimum Gasteiger partial charge on any atom is -0.326 e. The molecule has 0 heterocycles. The van der Waals surface area contributed by atoms with Crippen LogP contribution in [0.4, 0.5) is 11.4 Å². The molecule has 2 atom stereocenters. The molecule has 128 valence electrons. The SMILES string of the molecule is CC1=CCC(C(=O)Nc2ccccc2)C(c2ccc([N+](=O)[O-])cc2)C1. The lowest BCUT2D eigenvalue weighted by Gasteiger charge is -2.30. The van der Waals surface area contributed by atoms with Crippen LogP contribution in [0.3, 0.4) is 0 Å². The van der Waals surface area contributed by atoms with Gasteiger partial charge >= 0.3 is 0 Å². The number of carbonyl (C=O) groups excluding carboxylic acids is 1. The van der Waals surface area contributed by atoms with Crippen LogP contribution in [0.1, 0.15) is 31.2 Å².